The number of aromatic nitrogens is 2. The Hall–Kier alpha value is -2.83. The van der Waals surface area contributed by atoms with E-state index >= 15 is 0 Å². The third kappa shape index (κ3) is 5.75. The zero-order valence-corrected chi connectivity index (χ0v) is 14.0. The lowest BCUT2D eigenvalue weighted by Crippen LogP contribution is -2.46. The van der Waals surface area contributed by atoms with Crippen molar-refractivity contribution in [3.05, 3.63) is 48.3 Å². The van der Waals surface area contributed by atoms with Gasteiger partial charge >= 0.3 is 6.03 Å². The highest BCUT2D eigenvalue weighted by Gasteiger charge is 2.15. The van der Waals surface area contributed by atoms with Crippen LogP contribution in [-0.2, 0) is 11.3 Å². The SMILES string of the molecule is Cc1cnn(CCCNC(=O)N[C@H](C)C(=O)Nc2ccccc2)c1. The van der Waals surface area contributed by atoms with Gasteiger partial charge in [-0.05, 0) is 38.0 Å². The summed E-state index contributed by atoms with van der Waals surface area (Å²) < 4.78 is 1.84. The molecule has 7 nitrogen and oxygen atoms in total. The molecule has 0 radical (unpaired) electrons. The lowest BCUT2D eigenvalue weighted by Gasteiger charge is -2.14. The molecule has 3 amide bonds. The predicted molar refractivity (Wildman–Crippen MR) is 92.6 cm³/mol. The molecule has 2 rings (SSSR count). The van der Waals surface area contributed by atoms with Crippen LogP contribution in [0.2, 0.25) is 0 Å². The molecule has 128 valence electrons. The molecular formula is C17H23N5O2. The maximum Gasteiger partial charge on any atom is 0.315 e. The Morgan fingerprint density at radius 1 is 1.25 bits per heavy atom. The van der Waals surface area contributed by atoms with Crippen molar-refractivity contribution in [3.8, 4) is 0 Å². The summed E-state index contributed by atoms with van der Waals surface area (Å²) in [6.07, 6.45) is 4.52. The number of aryl methyl sites for hydroxylation is 2. The molecule has 0 aliphatic heterocycles. The van der Waals surface area contributed by atoms with E-state index in [1.807, 2.05) is 36.0 Å². The molecule has 0 aliphatic rings. The van der Waals surface area contributed by atoms with Crippen LogP contribution >= 0.6 is 0 Å². The van der Waals surface area contributed by atoms with Crippen molar-refractivity contribution in [2.75, 3.05) is 11.9 Å². The molecule has 24 heavy (non-hydrogen) atoms. The van der Waals surface area contributed by atoms with Gasteiger partial charge in [-0.25, -0.2) is 4.79 Å². The molecule has 0 bridgehead atoms. The van der Waals surface area contributed by atoms with E-state index in [0.717, 1.165) is 18.5 Å². The van der Waals surface area contributed by atoms with Crippen molar-refractivity contribution in [1.82, 2.24) is 20.4 Å². The van der Waals surface area contributed by atoms with Crippen molar-refractivity contribution in [2.24, 2.45) is 0 Å². The Bertz CT molecular complexity index is 669. The molecule has 0 unspecified atom stereocenters. The molecule has 1 atom stereocenters. The molecule has 1 aromatic heterocycles. The lowest BCUT2D eigenvalue weighted by atomic mass is 10.2. The molecule has 2 aromatic rings. The van der Waals surface area contributed by atoms with Gasteiger partial charge in [-0.3, -0.25) is 9.48 Å². The number of benzene rings is 1. The normalized spacial score (nSPS) is 11.6. The number of nitrogens with one attached hydrogen (secondary N) is 3. The summed E-state index contributed by atoms with van der Waals surface area (Å²) in [4.78, 5) is 23.8. The summed E-state index contributed by atoms with van der Waals surface area (Å²) in [6, 6.07) is 8.14. The number of amides is 3. The number of anilines is 1. The van der Waals surface area contributed by atoms with Gasteiger partial charge in [0.2, 0.25) is 5.91 Å². The zero-order chi connectivity index (χ0) is 17.4. The van der Waals surface area contributed by atoms with Crippen molar-refractivity contribution >= 4 is 17.6 Å². The summed E-state index contributed by atoms with van der Waals surface area (Å²) in [6.45, 7) is 4.87. The molecule has 1 heterocycles. The summed E-state index contributed by atoms with van der Waals surface area (Å²) >= 11 is 0. The monoisotopic (exact) mass is 329 g/mol. The first kappa shape index (κ1) is 17.5. The van der Waals surface area contributed by atoms with E-state index in [2.05, 4.69) is 21.0 Å². The van der Waals surface area contributed by atoms with E-state index in [1.165, 1.54) is 0 Å². The third-order valence-corrected chi connectivity index (χ3v) is 3.39. The van der Waals surface area contributed by atoms with Crippen LogP contribution in [-0.4, -0.2) is 34.3 Å². The van der Waals surface area contributed by atoms with Crippen LogP contribution in [0.1, 0.15) is 18.9 Å². The van der Waals surface area contributed by atoms with Gasteiger partial charge in [0.15, 0.2) is 0 Å². The quantitative estimate of drug-likeness (QED) is 0.678. The maximum atomic E-state index is 12.0. The number of hydrogen-bond acceptors (Lipinski definition) is 3. The second kappa shape index (κ2) is 8.71. The minimum atomic E-state index is -0.626. The fraction of sp³-hybridized carbons (Fsp3) is 0.353. The van der Waals surface area contributed by atoms with Crippen LogP contribution in [0, 0.1) is 6.92 Å². The number of urea groups is 1. The molecule has 0 saturated heterocycles. The van der Waals surface area contributed by atoms with Gasteiger partial charge in [-0.15, -0.1) is 0 Å². The number of carbonyl (C=O) groups excluding carboxylic acids is 2. The van der Waals surface area contributed by atoms with E-state index in [4.69, 9.17) is 0 Å². The number of nitrogens with zero attached hydrogens (tertiary/aromatic N) is 2. The van der Waals surface area contributed by atoms with Crippen LogP contribution in [0.5, 0.6) is 0 Å². The average molecular weight is 329 g/mol. The molecule has 0 spiro atoms. The van der Waals surface area contributed by atoms with Crippen LogP contribution in [0.4, 0.5) is 10.5 Å². The molecule has 0 aliphatic carbocycles. The molecule has 3 N–H and O–H groups in total. The van der Waals surface area contributed by atoms with Gasteiger partial charge < -0.3 is 16.0 Å². The van der Waals surface area contributed by atoms with Crippen molar-refractivity contribution in [1.29, 1.82) is 0 Å². The number of hydrogen-bond donors (Lipinski definition) is 3. The molecular weight excluding hydrogens is 306 g/mol. The van der Waals surface area contributed by atoms with E-state index in [0.29, 0.717) is 12.2 Å². The summed E-state index contributed by atoms with van der Waals surface area (Å²) in [5.74, 6) is -0.261. The Balaban J connectivity index is 1.64. The van der Waals surface area contributed by atoms with Gasteiger partial charge in [0.25, 0.3) is 0 Å². The molecule has 0 fully saturated rings. The van der Waals surface area contributed by atoms with Crippen molar-refractivity contribution in [3.63, 3.8) is 0 Å². The van der Waals surface area contributed by atoms with Crippen LogP contribution in [0.15, 0.2) is 42.7 Å². The van der Waals surface area contributed by atoms with Crippen LogP contribution < -0.4 is 16.0 Å². The van der Waals surface area contributed by atoms with E-state index < -0.39 is 6.04 Å². The largest absolute Gasteiger partial charge is 0.338 e. The van der Waals surface area contributed by atoms with E-state index in [9.17, 15) is 9.59 Å². The first-order valence-corrected chi connectivity index (χ1v) is 7.94. The second-order valence-electron chi connectivity index (χ2n) is 5.61. The van der Waals surface area contributed by atoms with E-state index in [-0.39, 0.29) is 11.9 Å². The summed E-state index contributed by atoms with van der Waals surface area (Å²) in [5, 5.41) is 12.3. The zero-order valence-electron chi connectivity index (χ0n) is 14.0. The minimum absolute atomic E-state index is 0.261. The maximum absolute atomic E-state index is 12.0. The fourth-order valence-corrected chi connectivity index (χ4v) is 2.12. The Labute approximate surface area is 141 Å². The van der Waals surface area contributed by atoms with Crippen LogP contribution in [0.25, 0.3) is 0 Å². The minimum Gasteiger partial charge on any atom is -0.338 e. The highest BCUT2D eigenvalue weighted by molar-refractivity contribution is 5.96. The smallest absolute Gasteiger partial charge is 0.315 e. The topological polar surface area (TPSA) is 88.1 Å². The predicted octanol–water partition coefficient (Wildman–Crippen LogP) is 1.91. The fourth-order valence-electron chi connectivity index (χ4n) is 2.12. The highest BCUT2D eigenvalue weighted by Crippen LogP contribution is 2.05. The van der Waals surface area contributed by atoms with Crippen LogP contribution in [0.3, 0.4) is 0 Å². The van der Waals surface area contributed by atoms with Gasteiger partial charge in [-0.1, -0.05) is 18.2 Å². The van der Waals surface area contributed by atoms with Gasteiger partial charge in [0.05, 0.1) is 6.20 Å². The lowest BCUT2D eigenvalue weighted by molar-refractivity contribution is -0.117. The Morgan fingerprint density at radius 2 is 2.00 bits per heavy atom. The number of para-hydroxylation sites is 1. The molecule has 1 aromatic carbocycles. The van der Waals surface area contributed by atoms with Crippen molar-refractivity contribution in [2.45, 2.75) is 32.9 Å². The summed E-state index contributed by atoms with van der Waals surface area (Å²) in [5.41, 5.74) is 1.81. The van der Waals surface area contributed by atoms with Gasteiger partial charge in [0, 0.05) is 25.0 Å². The van der Waals surface area contributed by atoms with E-state index in [1.54, 1.807) is 25.3 Å². The molecule has 7 heteroatoms. The number of carbonyl (C=O) groups is 2. The number of rotatable bonds is 7. The first-order valence-electron chi connectivity index (χ1n) is 7.94. The Kier molecular flexibility index (Phi) is 6.36. The standard InChI is InChI=1S/C17H23N5O2/c1-13-11-19-22(12-13)10-6-9-18-17(24)20-14(2)16(23)21-15-7-4-3-5-8-15/h3-5,7-8,11-12,14H,6,9-10H2,1-2H3,(H,21,23)(H2,18,20,24)/t14-/m1/s1. The summed E-state index contributed by atoms with van der Waals surface area (Å²) in [7, 11) is 0. The first-order chi connectivity index (χ1) is 11.5. The van der Waals surface area contributed by atoms with Gasteiger partial charge in [-0.2, -0.15) is 5.10 Å². The van der Waals surface area contributed by atoms with Crippen molar-refractivity contribution < 1.29 is 9.59 Å². The molecule has 0 saturated carbocycles. The Morgan fingerprint density at radius 3 is 2.67 bits per heavy atom. The third-order valence-electron chi connectivity index (χ3n) is 3.39. The second-order valence-corrected chi connectivity index (χ2v) is 5.61. The average Bonchev–Trinajstić information content (AvgIpc) is 2.98. The van der Waals surface area contributed by atoms with Gasteiger partial charge in [0.1, 0.15) is 6.04 Å². The highest BCUT2D eigenvalue weighted by atomic mass is 16.2.